The maximum absolute atomic E-state index is 12.2. The summed E-state index contributed by atoms with van der Waals surface area (Å²) in [5.74, 6) is -0.167. The van der Waals surface area contributed by atoms with Gasteiger partial charge in [-0.15, -0.1) is 0 Å². The summed E-state index contributed by atoms with van der Waals surface area (Å²) in [7, 11) is -1.40. The Morgan fingerprint density at radius 3 is 1.24 bits per heavy atom. The van der Waals surface area contributed by atoms with Crippen LogP contribution in [0, 0.1) is 0 Å². The van der Waals surface area contributed by atoms with Crippen LogP contribution in [0.2, 0.25) is 0 Å². The Balaban J connectivity index is 0.000000146. The molecule has 1 aliphatic rings. The molecule has 0 radical (unpaired) electrons. The van der Waals surface area contributed by atoms with E-state index in [-0.39, 0.29) is 19.0 Å². The Hall–Kier alpha value is -7.00. The molecule has 0 spiro atoms. The summed E-state index contributed by atoms with van der Waals surface area (Å²) in [5.41, 5.74) is 7.62. The molecular formula is C59H41BBr2O4. The average Bonchev–Trinajstić information content (AvgIpc) is 3.35. The van der Waals surface area contributed by atoms with Crippen LogP contribution in [0.25, 0.3) is 76.1 Å². The zero-order valence-electron chi connectivity index (χ0n) is 34.8. The van der Waals surface area contributed by atoms with Crippen molar-refractivity contribution in [1.82, 2.24) is 0 Å². The lowest BCUT2D eigenvalue weighted by Gasteiger charge is -2.20. The van der Waals surface area contributed by atoms with E-state index in [0.29, 0.717) is 27.7 Å². The van der Waals surface area contributed by atoms with Gasteiger partial charge in [-0.3, -0.25) is 9.59 Å². The molecule has 0 unspecified atom stereocenters. The highest BCUT2D eigenvalue weighted by molar-refractivity contribution is 9.10. The molecule has 1 aliphatic carbocycles. The number of carbonyl (C=O) groups excluding carboxylic acids is 2. The first-order valence-electron chi connectivity index (χ1n) is 21.2. The molecule has 0 aliphatic heterocycles. The SMILES string of the molecule is Brc1ccc2c(-c3cccc4ccccc34)c3ccccc3c(-c3cccc4ccccc34)c2c1.C.O=C1c2ccccc2C(=O)c2cc(Br)ccc21.OB(O)c1cccc2ccccc12. The molecular weight excluding hydrogens is 943 g/mol. The second-order valence-electron chi connectivity index (χ2n) is 15.9. The average molecular weight is 985 g/mol. The van der Waals surface area contributed by atoms with Crippen LogP contribution in [0.3, 0.4) is 0 Å². The fraction of sp³-hybridized carbons (Fsp3) is 0.0169. The van der Waals surface area contributed by atoms with Gasteiger partial charge in [-0.25, -0.2) is 0 Å². The third-order valence-corrected chi connectivity index (χ3v) is 13.1. The number of fused-ring (bicyclic) bond motifs is 7. The van der Waals surface area contributed by atoms with Gasteiger partial charge in [0.05, 0.1) is 0 Å². The fourth-order valence-electron chi connectivity index (χ4n) is 9.17. The van der Waals surface area contributed by atoms with E-state index in [4.69, 9.17) is 10.0 Å². The molecule has 0 saturated carbocycles. The first-order chi connectivity index (χ1) is 31.8. The summed E-state index contributed by atoms with van der Waals surface area (Å²) in [6.07, 6.45) is 0. The minimum Gasteiger partial charge on any atom is -0.423 e. The van der Waals surface area contributed by atoms with Gasteiger partial charge in [-0.1, -0.05) is 221 Å². The normalized spacial score (nSPS) is 11.6. The van der Waals surface area contributed by atoms with E-state index in [1.54, 1.807) is 48.5 Å². The van der Waals surface area contributed by atoms with E-state index in [9.17, 15) is 9.59 Å². The second kappa shape index (κ2) is 18.8. The van der Waals surface area contributed by atoms with Gasteiger partial charge in [0, 0.05) is 31.2 Å². The lowest BCUT2D eigenvalue weighted by atomic mass is 9.77. The first kappa shape index (κ1) is 44.2. The number of rotatable bonds is 3. The van der Waals surface area contributed by atoms with Crippen molar-refractivity contribution in [2.45, 2.75) is 7.43 Å². The van der Waals surface area contributed by atoms with Crippen LogP contribution in [0.15, 0.2) is 221 Å². The van der Waals surface area contributed by atoms with Crippen molar-refractivity contribution >= 4 is 110 Å². The quantitative estimate of drug-likeness (QED) is 0.137. The van der Waals surface area contributed by atoms with Gasteiger partial charge < -0.3 is 10.0 Å². The van der Waals surface area contributed by atoms with Crippen molar-refractivity contribution in [2.24, 2.45) is 0 Å². The zero-order chi connectivity index (χ0) is 44.6. The number of halogens is 2. The maximum Gasteiger partial charge on any atom is 0.489 e. The summed E-state index contributed by atoms with van der Waals surface area (Å²) in [6, 6.07) is 71.5. The van der Waals surface area contributed by atoms with Gasteiger partial charge in [-0.05, 0) is 112 Å². The largest absolute Gasteiger partial charge is 0.489 e. The van der Waals surface area contributed by atoms with E-state index in [0.717, 1.165) is 19.7 Å². The van der Waals surface area contributed by atoms with Crippen LogP contribution in [0.4, 0.5) is 0 Å². The molecule has 2 N–H and O–H groups in total. The molecule has 0 fully saturated rings. The van der Waals surface area contributed by atoms with E-state index < -0.39 is 7.12 Å². The maximum atomic E-state index is 12.2. The Labute approximate surface area is 400 Å². The zero-order valence-corrected chi connectivity index (χ0v) is 37.9. The fourth-order valence-corrected chi connectivity index (χ4v) is 9.89. The lowest BCUT2D eigenvalue weighted by molar-refractivity contribution is 0.0979. The highest BCUT2D eigenvalue weighted by atomic mass is 79.9. The van der Waals surface area contributed by atoms with Crippen molar-refractivity contribution in [3.63, 3.8) is 0 Å². The molecule has 318 valence electrons. The van der Waals surface area contributed by atoms with E-state index in [1.807, 2.05) is 36.4 Å². The molecule has 0 bridgehead atoms. The molecule has 0 atom stereocenters. The van der Waals surface area contributed by atoms with E-state index in [1.165, 1.54) is 65.3 Å². The summed E-state index contributed by atoms with van der Waals surface area (Å²) in [4.78, 5) is 24.4. The van der Waals surface area contributed by atoms with Crippen LogP contribution in [0.1, 0.15) is 39.3 Å². The summed E-state index contributed by atoms with van der Waals surface area (Å²) >= 11 is 7.09. The molecule has 11 aromatic carbocycles. The van der Waals surface area contributed by atoms with E-state index in [2.05, 4.69) is 159 Å². The van der Waals surface area contributed by atoms with E-state index >= 15 is 0 Å². The minimum absolute atomic E-state index is 0. The smallest absolute Gasteiger partial charge is 0.423 e. The molecule has 0 heterocycles. The van der Waals surface area contributed by atoms with Crippen molar-refractivity contribution in [3.05, 3.63) is 244 Å². The van der Waals surface area contributed by atoms with Crippen LogP contribution in [-0.4, -0.2) is 28.7 Å². The Morgan fingerprint density at radius 2 is 0.682 bits per heavy atom. The Kier molecular flexibility index (Phi) is 12.6. The van der Waals surface area contributed by atoms with Gasteiger partial charge in [-0.2, -0.15) is 0 Å². The number of carbonyl (C=O) groups is 2. The van der Waals surface area contributed by atoms with Crippen molar-refractivity contribution in [1.29, 1.82) is 0 Å². The monoisotopic (exact) mass is 982 g/mol. The first-order valence-corrected chi connectivity index (χ1v) is 22.8. The summed E-state index contributed by atoms with van der Waals surface area (Å²) in [5, 5.41) is 30.2. The molecule has 66 heavy (non-hydrogen) atoms. The predicted molar refractivity (Wildman–Crippen MR) is 283 cm³/mol. The van der Waals surface area contributed by atoms with Crippen molar-refractivity contribution in [3.8, 4) is 22.3 Å². The molecule has 12 rings (SSSR count). The van der Waals surface area contributed by atoms with Crippen LogP contribution in [0.5, 0.6) is 0 Å². The highest BCUT2D eigenvalue weighted by Crippen LogP contribution is 2.47. The van der Waals surface area contributed by atoms with Gasteiger partial charge in [0.25, 0.3) is 0 Å². The molecule has 0 saturated heterocycles. The minimum atomic E-state index is -1.40. The highest BCUT2D eigenvalue weighted by Gasteiger charge is 2.29. The third-order valence-electron chi connectivity index (χ3n) is 12.1. The Bertz CT molecular complexity index is 3660. The summed E-state index contributed by atoms with van der Waals surface area (Å²) < 4.78 is 1.89. The number of ketones is 2. The molecule has 11 aromatic rings. The predicted octanol–water partition coefficient (Wildman–Crippen LogP) is 14.8. The second-order valence-corrected chi connectivity index (χ2v) is 17.7. The summed E-state index contributed by atoms with van der Waals surface area (Å²) in [6.45, 7) is 0. The molecule has 0 amide bonds. The van der Waals surface area contributed by atoms with Crippen molar-refractivity contribution in [2.75, 3.05) is 0 Å². The molecule has 7 heteroatoms. The number of hydrogen-bond acceptors (Lipinski definition) is 4. The number of hydrogen-bond donors (Lipinski definition) is 2. The van der Waals surface area contributed by atoms with Crippen LogP contribution >= 0.6 is 31.9 Å². The molecule has 4 nitrogen and oxygen atoms in total. The van der Waals surface area contributed by atoms with Gasteiger partial charge in [0.15, 0.2) is 11.6 Å². The third kappa shape index (κ3) is 8.16. The molecule has 0 aromatic heterocycles. The van der Waals surface area contributed by atoms with Gasteiger partial charge in [0.2, 0.25) is 0 Å². The van der Waals surface area contributed by atoms with Gasteiger partial charge in [0.1, 0.15) is 0 Å². The van der Waals surface area contributed by atoms with Crippen molar-refractivity contribution < 1.29 is 19.6 Å². The lowest BCUT2D eigenvalue weighted by Crippen LogP contribution is -2.30. The number of benzene rings is 11. The topological polar surface area (TPSA) is 74.6 Å². The van der Waals surface area contributed by atoms with Crippen LogP contribution in [-0.2, 0) is 0 Å². The Morgan fingerprint density at radius 1 is 0.318 bits per heavy atom. The standard InChI is InChI=1S/C34H21Br.C14H7BrO2.C10H9BO2.CH4/c35-24-19-20-31-32(21-24)34(28-18-8-12-23-10-2-4-14-26(23)28)30-16-6-5-15-29(30)33(31)27-17-7-11-22-9-1-3-13-25(22)27;15-8-5-6-11-12(7-8)14(17)10-4-2-1-3-9(10)13(11)16;12-11(13)10-7-3-5-8-4-1-2-6-9(8)10;/h1-21H;1-7H;1-7,12-13H;1H4. The van der Waals surface area contributed by atoms with Crippen LogP contribution < -0.4 is 5.46 Å². The van der Waals surface area contributed by atoms with Gasteiger partial charge >= 0.3 is 7.12 Å².